The minimum atomic E-state index is -0.104. The summed E-state index contributed by atoms with van der Waals surface area (Å²) in [5.74, 6) is -0.104. The largest absolute Gasteiger partial charge is 0.274 e. The Labute approximate surface area is 52.5 Å². The predicted octanol–water partition coefficient (Wildman–Crippen LogP) is -0.0269. The maximum Gasteiger partial charge on any atom is 0.235 e. The van der Waals surface area contributed by atoms with Crippen molar-refractivity contribution in [1.82, 2.24) is 9.66 Å². The van der Waals surface area contributed by atoms with Crippen LogP contribution in [0.4, 0.5) is 0 Å². The van der Waals surface area contributed by atoms with Crippen molar-refractivity contribution in [3.8, 4) is 0 Å². The first kappa shape index (κ1) is 5.81. The Balaban J connectivity index is 2.58. The van der Waals surface area contributed by atoms with Gasteiger partial charge < -0.3 is 0 Å². The summed E-state index contributed by atoms with van der Waals surface area (Å²) in [6, 6.07) is 0. The summed E-state index contributed by atoms with van der Waals surface area (Å²) in [7, 11) is 0. The van der Waals surface area contributed by atoms with E-state index in [4.69, 9.17) is 0 Å². The second-order valence-corrected chi connectivity index (χ2v) is 1.64. The third-order valence-corrected chi connectivity index (χ3v) is 0.791. The maximum absolute atomic E-state index is 10.4. The van der Waals surface area contributed by atoms with Gasteiger partial charge in [0.2, 0.25) is 5.91 Å². The second-order valence-electron chi connectivity index (χ2n) is 1.64. The normalized spacial score (nSPS) is 9.00. The molecule has 0 aliphatic rings. The van der Waals surface area contributed by atoms with E-state index in [0.717, 1.165) is 0 Å². The lowest BCUT2D eigenvalue weighted by Crippen LogP contribution is -2.17. The van der Waals surface area contributed by atoms with Gasteiger partial charge in [0.1, 0.15) is 6.33 Å². The van der Waals surface area contributed by atoms with E-state index in [1.54, 1.807) is 12.4 Å². The van der Waals surface area contributed by atoms with Crippen molar-refractivity contribution < 1.29 is 4.79 Å². The number of aromatic nitrogens is 2. The highest BCUT2D eigenvalue weighted by molar-refractivity contribution is 5.80. The zero-order valence-corrected chi connectivity index (χ0v) is 5.03. The van der Waals surface area contributed by atoms with E-state index in [9.17, 15) is 4.79 Å². The molecule has 0 fully saturated rings. The monoisotopic (exact) mass is 125 g/mol. The Morgan fingerprint density at radius 2 is 2.56 bits per heavy atom. The van der Waals surface area contributed by atoms with Crippen LogP contribution in [-0.2, 0) is 4.79 Å². The molecular formula is C5H7N3O. The molecule has 0 bridgehead atoms. The molecule has 0 spiro atoms. The van der Waals surface area contributed by atoms with Crippen molar-refractivity contribution in [1.29, 1.82) is 0 Å². The van der Waals surface area contributed by atoms with Gasteiger partial charge in [0.25, 0.3) is 0 Å². The van der Waals surface area contributed by atoms with E-state index in [-0.39, 0.29) is 5.91 Å². The molecule has 0 aliphatic carbocycles. The third kappa shape index (κ3) is 1.56. The topological polar surface area (TPSA) is 46.9 Å². The highest BCUT2D eigenvalue weighted by Crippen LogP contribution is 1.78. The summed E-state index contributed by atoms with van der Waals surface area (Å²) in [6.07, 6.45) is 4.76. The minimum Gasteiger partial charge on any atom is -0.274 e. The molecule has 0 unspecified atom stereocenters. The van der Waals surface area contributed by atoms with Crippen LogP contribution in [0.15, 0.2) is 18.7 Å². The molecule has 1 amide bonds. The lowest BCUT2D eigenvalue weighted by molar-refractivity contribution is -0.115. The number of imidazole rings is 1. The van der Waals surface area contributed by atoms with Crippen LogP contribution < -0.4 is 5.43 Å². The fourth-order valence-electron chi connectivity index (χ4n) is 0.507. The van der Waals surface area contributed by atoms with Gasteiger partial charge in [-0.05, 0) is 0 Å². The molecule has 1 N–H and O–H groups in total. The fourth-order valence-corrected chi connectivity index (χ4v) is 0.507. The molecule has 0 atom stereocenters. The fraction of sp³-hybridized carbons (Fsp3) is 0.200. The molecule has 0 aliphatic heterocycles. The lowest BCUT2D eigenvalue weighted by atomic mass is 10.8. The molecule has 48 valence electrons. The molecule has 1 heterocycles. The first-order valence-electron chi connectivity index (χ1n) is 2.54. The van der Waals surface area contributed by atoms with Crippen LogP contribution in [0.1, 0.15) is 6.92 Å². The molecule has 0 aromatic carbocycles. The second kappa shape index (κ2) is 2.30. The highest BCUT2D eigenvalue weighted by atomic mass is 16.2. The highest BCUT2D eigenvalue weighted by Gasteiger charge is 1.88. The van der Waals surface area contributed by atoms with E-state index >= 15 is 0 Å². The summed E-state index contributed by atoms with van der Waals surface area (Å²) >= 11 is 0. The van der Waals surface area contributed by atoms with Crippen LogP contribution in [0.5, 0.6) is 0 Å². The average Bonchev–Trinajstić information content (AvgIpc) is 2.15. The first-order chi connectivity index (χ1) is 4.29. The van der Waals surface area contributed by atoms with Gasteiger partial charge in [0.15, 0.2) is 0 Å². The number of rotatable bonds is 1. The number of carbonyl (C=O) groups excluding carboxylic acids is 1. The van der Waals surface area contributed by atoms with Gasteiger partial charge in [0, 0.05) is 19.3 Å². The van der Waals surface area contributed by atoms with Crippen LogP contribution >= 0.6 is 0 Å². The zero-order valence-electron chi connectivity index (χ0n) is 5.03. The molecule has 1 aromatic heterocycles. The Morgan fingerprint density at radius 3 is 3.00 bits per heavy atom. The molecule has 0 saturated carbocycles. The van der Waals surface area contributed by atoms with Gasteiger partial charge in [-0.3, -0.25) is 10.2 Å². The molecule has 9 heavy (non-hydrogen) atoms. The Hall–Kier alpha value is -1.32. The van der Waals surface area contributed by atoms with Crippen molar-refractivity contribution >= 4 is 5.91 Å². The molecule has 0 saturated heterocycles. The smallest absolute Gasteiger partial charge is 0.235 e. The molecule has 0 radical (unpaired) electrons. The van der Waals surface area contributed by atoms with Crippen LogP contribution in [0, 0.1) is 0 Å². The maximum atomic E-state index is 10.4. The molecular weight excluding hydrogens is 118 g/mol. The van der Waals surface area contributed by atoms with E-state index in [1.165, 1.54) is 17.9 Å². The number of hydrogen-bond donors (Lipinski definition) is 1. The van der Waals surface area contributed by atoms with Gasteiger partial charge in [-0.2, -0.15) is 0 Å². The van der Waals surface area contributed by atoms with E-state index in [2.05, 4.69) is 10.4 Å². The van der Waals surface area contributed by atoms with Gasteiger partial charge >= 0.3 is 0 Å². The first-order valence-corrected chi connectivity index (χ1v) is 2.54. The number of hydrogen-bond acceptors (Lipinski definition) is 2. The third-order valence-electron chi connectivity index (χ3n) is 0.791. The van der Waals surface area contributed by atoms with Crippen molar-refractivity contribution in [3.05, 3.63) is 18.7 Å². The SMILES string of the molecule is CC(=O)Nn1ccnc1. The summed E-state index contributed by atoms with van der Waals surface area (Å²) in [5.41, 5.74) is 2.50. The number of nitrogens with zero attached hydrogens (tertiary/aromatic N) is 2. The van der Waals surface area contributed by atoms with Crippen LogP contribution in [0.2, 0.25) is 0 Å². The van der Waals surface area contributed by atoms with Gasteiger partial charge in [0.05, 0.1) is 0 Å². The quantitative estimate of drug-likeness (QED) is 0.573. The predicted molar refractivity (Wildman–Crippen MR) is 32.3 cm³/mol. The van der Waals surface area contributed by atoms with Crippen LogP contribution in [0.3, 0.4) is 0 Å². The van der Waals surface area contributed by atoms with Crippen LogP contribution in [0.25, 0.3) is 0 Å². The van der Waals surface area contributed by atoms with Crippen LogP contribution in [-0.4, -0.2) is 15.6 Å². The Bertz CT molecular complexity index is 192. The zero-order chi connectivity index (χ0) is 6.69. The summed E-state index contributed by atoms with van der Waals surface area (Å²) < 4.78 is 1.49. The van der Waals surface area contributed by atoms with Gasteiger partial charge in [-0.15, -0.1) is 0 Å². The summed E-state index contributed by atoms with van der Waals surface area (Å²) in [4.78, 5) is 14.1. The Morgan fingerprint density at radius 1 is 1.78 bits per heavy atom. The molecule has 4 heteroatoms. The van der Waals surface area contributed by atoms with Crippen molar-refractivity contribution in [2.75, 3.05) is 5.43 Å². The number of nitrogens with one attached hydrogen (secondary N) is 1. The average molecular weight is 125 g/mol. The molecule has 4 nitrogen and oxygen atoms in total. The molecule has 1 rings (SSSR count). The number of amides is 1. The van der Waals surface area contributed by atoms with Crippen molar-refractivity contribution in [2.45, 2.75) is 6.92 Å². The summed E-state index contributed by atoms with van der Waals surface area (Å²) in [5, 5.41) is 0. The van der Waals surface area contributed by atoms with E-state index < -0.39 is 0 Å². The van der Waals surface area contributed by atoms with Gasteiger partial charge in [-0.1, -0.05) is 0 Å². The standard InChI is InChI=1S/C5H7N3O/c1-5(9)7-8-3-2-6-4-8/h2-4H,1H3,(H,7,9). The Kier molecular flexibility index (Phi) is 1.48. The summed E-state index contributed by atoms with van der Waals surface area (Å²) in [6.45, 7) is 1.44. The van der Waals surface area contributed by atoms with E-state index in [0.29, 0.717) is 0 Å². The van der Waals surface area contributed by atoms with Crippen molar-refractivity contribution in [2.24, 2.45) is 0 Å². The van der Waals surface area contributed by atoms with E-state index in [1.807, 2.05) is 0 Å². The lowest BCUT2D eigenvalue weighted by Gasteiger charge is -1.98. The molecule has 1 aromatic rings. The minimum absolute atomic E-state index is 0.104. The van der Waals surface area contributed by atoms with Gasteiger partial charge in [-0.25, -0.2) is 9.66 Å². The number of carbonyl (C=O) groups is 1. The van der Waals surface area contributed by atoms with Crippen molar-refractivity contribution in [3.63, 3.8) is 0 Å².